The maximum absolute atomic E-state index is 6.37. The topological polar surface area (TPSA) is 88.2 Å². The average Bonchev–Trinajstić information content (AvgIpc) is 2.75. The van der Waals surface area contributed by atoms with Gasteiger partial charge in [0.25, 0.3) is 0 Å². The molecule has 0 aliphatic carbocycles. The lowest BCUT2D eigenvalue weighted by molar-refractivity contribution is 0.731. The molecule has 2 aromatic carbocycles. The van der Waals surface area contributed by atoms with Gasteiger partial charge in [0.05, 0.1) is 10.5 Å². The van der Waals surface area contributed by atoms with Crippen molar-refractivity contribution < 1.29 is 0 Å². The van der Waals surface area contributed by atoms with E-state index in [1.807, 2.05) is 30.3 Å². The van der Waals surface area contributed by atoms with Gasteiger partial charge in [0.15, 0.2) is 5.82 Å². The second-order valence-corrected chi connectivity index (χ2v) is 7.41. The van der Waals surface area contributed by atoms with E-state index in [4.69, 9.17) is 33.9 Å². The van der Waals surface area contributed by atoms with Gasteiger partial charge in [0, 0.05) is 36.1 Å². The minimum atomic E-state index is 0.523. The summed E-state index contributed by atoms with van der Waals surface area (Å²) in [7, 11) is 1.73. The van der Waals surface area contributed by atoms with Crippen molar-refractivity contribution in [2.45, 2.75) is 12.8 Å². The molecule has 156 valence electrons. The van der Waals surface area contributed by atoms with Crippen LogP contribution in [0.4, 0.5) is 5.82 Å². The van der Waals surface area contributed by atoms with E-state index >= 15 is 0 Å². The molecule has 0 atom stereocenters. The number of aromatic nitrogens is 2. The van der Waals surface area contributed by atoms with Gasteiger partial charge in [-0.2, -0.15) is 0 Å². The number of halogens is 2. The maximum Gasteiger partial charge on any atom is 0.163 e. The Morgan fingerprint density at radius 1 is 1.10 bits per heavy atom. The highest BCUT2D eigenvalue weighted by atomic mass is 35.5. The van der Waals surface area contributed by atoms with E-state index in [1.54, 1.807) is 25.3 Å². The molecule has 0 aliphatic rings. The molecule has 0 spiro atoms. The third-order valence-corrected chi connectivity index (χ3v) is 5.02. The molecule has 4 N–H and O–H groups in total. The lowest BCUT2D eigenvalue weighted by Crippen LogP contribution is -2.23. The zero-order chi connectivity index (χ0) is 21.3. The Balaban J connectivity index is 1.70. The molecule has 0 saturated carbocycles. The van der Waals surface area contributed by atoms with Crippen molar-refractivity contribution >= 4 is 45.8 Å². The lowest BCUT2D eigenvalue weighted by atomic mass is 10.1. The largest absolute Gasteiger partial charge is 0.404 e. The number of hydrogen-bond acceptors (Lipinski definition) is 5. The third kappa shape index (κ3) is 5.62. The number of benzene rings is 2. The van der Waals surface area contributed by atoms with Crippen molar-refractivity contribution in [1.29, 1.82) is 0 Å². The number of nitrogens with zero attached hydrogens (tertiary/aromatic N) is 3. The first-order valence-corrected chi connectivity index (χ1v) is 10.4. The predicted octanol–water partition coefficient (Wildman–Crippen LogP) is 4.89. The van der Waals surface area contributed by atoms with Crippen LogP contribution in [-0.4, -0.2) is 35.9 Å². The second kappa shape index (κ2) is 10.8. The van der Waals surface area contributed by atoms with E-state index in [1.165, 1.54) is 6.20 Å². The number of hydrogen-bond donors (Lipinski definition) is 3. The summed E-state index contributed by atoms with van der Waals surface area (Å²) in [5.41, 5.74) is 7.00. The highest BCUT2D eigenvalue weighted by Crippen LogP contribution is 2.31. The first kappa shape index (κ1) is 21.9. The van der Waals surface area contributed by atoms with Crippen molar-refractivity contribution in [2.75, 3.05) is 25.5 Å². The second-order valence-electron chi connectivity index (χ2n) is 6.57. The summed E-state index contributed by atoms with van der Waals surface area (Å²) < 4.78 is 0. The molecule has 0 saturated heterocycles. The molecule has 8 heteroatoms. The van der Waals surface area contributed by atoms with Gasteiger partial charge in [-0.3, -0.25) is 4.99 Å². The molecule has 0 unspecified atom stereocenters. The van der Waals surface area contributed by atoms with Crippen LogP contribution < -0.4 is 16.4 Å². The number of fused-ring (bicyclic) bond motifs is 1. The van der Waals surface area contributed by atoms with Crippen LogP contribution in [0.5, 0.6) is 0 Å². The van der Waals surface area contributed by atoms with Gasteiger partial charge >= 0.3 is 0 Å². The first-order chi connectivity index (χ1) is 14.6. The van der Waals surface area contributed by atoms with Crippen molar-refractivity contribution in [1.82, 2.24) is 15.3 Å². The van der Waals surface area contributed by atoms with Crippen LogP contribution in [0.15, 0.2) is 59.7 Å². The van der Waals surface area contributed by atoms with Crippen LogP contribution in [0.2, 0.25) is 10.0 Å². The SMILES string of the molecule is CN=C(C=CN)NCCCCNc1nc(-c2ccc(Cl)cc2Cl)nc2ccccc12. The monoisotopic (exact) mass is 442 g/mol. The Kier molecular flexibility index (Phi) is 7.88. The van der Waals surface area contributed by atoms with Crippen LogP contribution in [-0.2, 0) is 0 Å². The van der Waals surface area contributed by atoms with Crippen LogP contribution in [0.1, 0.15) is 12.8 Å². The van der Waals surface area contributed by atoms with Crippen LogP contribution in [0.25, 0.3) is 22.3 Å². The van der Waals surface area contributed by atoms with E-state index < -0.39 is 0 Å². The Morgan fingerprint density at radius 3 is 2.67 bits per heavy atom. The molecule has 0 fully saturated rings. The molecule has 0 aliphatic heterocycles. The molecule has 30 heavy (non-hydrogen) atoms. The van der Waals surface area contributed by atoms with Crippen LogP contribution >= 0.6 is 23.2 Å². The number of rotatable bonds is 8. The Bertz CT molecular complexity index is 1060. The maximum atomic E-state index is 6.37. The number of nitrogens with two attached hydrogens (primary N) is 1. The van der Waals surface area contributed by atoms with Gasteiger partial charge in [-0.15, -0.1) is 0 Å². The fourth-order valence-corrected chi connectivity index (χ4v) is 3.47. The smallest absolute Gasteiger partial charge is 0.163 e. The van der Waals surface area contributed by atoms with Gasteiger partial charge in [0.2, 0.25) is 0 Å². The van der Waals surface area contributed by atoms with E-state index in [9.17, 15) is 0 Å². The fourth-order valence-electron chi connectivity index (χ4n) is 2.98. The normalized spacial score (nSPS) is 11.9. The van der Waals surface area contributed by atoms with Crippen molar-refractivity contribution in [2.24, 2.45) is 10.7 Å². The van der Waals surface area contributed by atoms with Gasteiger partial charge in [-0.05, 0) is 55.4 Å². The number of amidine groups is 1. The summed E-state index contributed by atoms with van der Waals surface area (Å²) >= 11 is 12.4. The number of unbranched alkanes of at least 4 members (excludes halogenated alkanes) is 1. The molecule has 0 bridgehead atoms. The van der Waals surface area contributed by atoms with Gasteiger partial charge < -0.3 is 16.4 Å². The number of anilines is 1. The summed E-state index contributed by atoms with van der Waals surface area (Å²) in [6.45, 7) is 1.59. The summed E-state index contributed by atoms with van der Waals surface area (Å²) in [6.07, 6.45) is 5.16. The van der Waals surface area contributed by atoms with E-state index in [-0.39, 0.29) is 0 Å². The van der Waals surface area contributed by atoms with Crippen molar-refractivity contribution in [3.63, 3.8) is 0 Å². The standard InChI is InChI=1S/C22H24Cl2N6/c1-26-20(10-11-25)27-12-4-5-13-28-21-17-6-2-3-7-19(17)29-22(30-21)16-9-8-15(23)14-18(16)24/h2-3,6-11,14H,4-5,12-13,25H2,1H3,(H,26,27)(H,28,29,30). The van der Waals surface area contributed by atoms with Gasteiger partial charge in [-0.1, -0.05) is 35.3 Å². The Morgan fingerprint density at radius 2 is 1.90 bits per heavy atom. The minimum absolute atomic E-state index is 0.523. The summed E-state index contributed by atoms with van der Waals surface area (Å²) in [5, 5.41) is 8.76. The number of nitrogens with one attached hydrogen (secondary N) is 2. The zero-order valence-corrected chi connectivity index (χ0v) is 18.2. The average molecular weight is 443 g/mol. The Labute approximate surface area is 186 Å². The third-order valence-electron chi connectivity index (χ3n) is 4.47. The molecular weight excluding hydrogens is 419 g/mol. The predicted molar refractivity (Wildman–Crippen MR) is 127 cm³/mol. The van der Waals surface area contributed by atoms with Crippen molar-refractivity contribution in [3.8, 4) is 11.4 Å². The lowest BCUT2D eigenvalue weighted by Gasteiger charge is -2.12. The zero-order valence-electron chi connectivity index (χ0n) is 16.7. The molecule has 6 nitrogen and oxygen atoms in total. The van der Waals surface area contributed by atoms with Gasteiger partial charge in [0.1, 0.15) is 11.7 Å². The minimum Gasteiger partial charge on any atom is -0.404 e. The highest BCUT2D eigenvalue weighted by Gasteiger charge is 2.12. The summed E-state index contributed by atoms with van der Waals surface area (Å²) in [5.74, 6) is 2.13. The Hall–Kier alpha value is -2.83. The number of para-hydroxylation sites is 1. The molecule has 3 rings (SSSR count). The van der Waals surface area contributed by atoms with E-state index in [0.717, 1.165) is 54.1 Å². The molecular formula is C22H24Cl2N6. The van der Waals surface area contributed by atoms with Crippen molar-refractivity contribution in [3.05, 3.63) is 64.8 Å². The van der Waals surface area contributed by atoms with E-state index in [0.29, 0.717) is 15.9 Å². The molecule has 1 heterocycles. The molecule has 0 radical (unpaired) electrons. The summed E-state index contributed by atoms with van der Waals surface area (Å²) in [6, 6.07) is 13.2. The quantitative estimate of drug-likeness (QED) is 0.262. The highest BCUT2D eigenvalue weighted by molar-refractivity contribution is 6.36. The van der Waals surface area contributed by atoms with Crippen LogP contribution in [0.3, 0.4) is 0 Å². The van der Waals surface area contributed by atoms with Gasteiger partial charge in [-0.25, -0.2) is 9.97 Å². The summed E-state index contributed by atoms with van der Waals surface area (Å²) in [4.78, 5) is 13.5. The fraction of sp³-hybridized carbons (Fsp3) is 0.227. The number of aliphatic imine (C=N–C) groups is 1. The van der Waals surface area contributed by atoms with E-state index in [2.05, 4.69) is 20.6 Å². The molecule has 3 aromatic rings. The van der Waals surface area contributed by atoms with Crippen LogP contribution in [0, 0.1) is 0 Å². The molecule has 0 amide bonds. The molecule has 1 aromatic heterocycles. The first-order valence-electron chi connectivity index (χ1n) is 9.67.